The summed E-state index contributed by atoms with van der Waals surface area (Å²) in [6.45, 7) is 7.16. The molecule has 0 aliphatic heterocycles. The van der Waals surface area contributed by atoms with E-state index in [9.17, 15) is 0 Å². The molecule has 90 valence electrons. The van der Waals surface area contributed by atoms with Crippen LogP contribution < -0.4 is 10.1 Å². The smallest absolute Gasteiger partial charge is 0.120 e. The fourth-order valence-corrected chi connectivity index (χ4v) is 1.69. The van der Waals surface area contributed by atoms with Crippen LogP contribution in [0.5, 0.6) is 5.75 Å². The average Bonchev–Trinajstić information content (AvgIpc) is 2.23. The summed E-state index contributed by atoms with van der Waals surface area (Å²) in [6, 6.07) is 7.92. The lowest BCUT2D eigenvalue weighted by Gasteiger charge is -2.08. The van der Waals surface area contributed by atoms with Crippen LogP contribution in [0.4, 0.5) is 0 Å². The molecule has 0 aliphatic rings. The van der Waals surface area contributed by atoms with Gasteiger partial charge in [0.25, 0.3) is 0 Å². The third kappa shape index (κ3) is 6.13. The second-order valence-electron chi connectivity index (χ2n) is 4.24. The zero-order valence-corrected chi connectivity index (χ0v) is 11.6. The van der Waals surface area contributed by atoms with E-state index in [0.29, 0.717) is 6.61 Å². The van der Waals surface area contributed by atoms with Gasteiger partial charge in [0.1, 0.15) is 12.4 Å². The fraction of sp³-hybridized carbons (Fsp3) is 0.538. The van der Waals surface area contributed by atoms with Crippen molar-refractivity contribution in [1.29, 1.82) is 0 Å². The van der Waals surface area contributed by atoms with Crippen LogP contribution >= 0.6 is 15.9 Å². The van der Waals surface area contributed by atoms with Crippen molar-refractivity contribution in [2.75, 3.05) is 19.7 Å². The van der Waals surface area contributed by atoms with Crippen molar-refractivity contribution in [3.63, 3.8) is 0 Å². The topological polar surface area (TPSA) is 21.3 Å². The summed E-state index contributed by atoms with van der Waals surface area (Å²) in [6.07, 6.45) is 1.22. The fourth-order valence-electron chi connectivity index (χ4n) is 1.31. The van der Waals surface area contributed by atoms with E-state index in [-0.39, 0.29) is 0 Å². The van der Waals surface area contributed by atoms with Gasteiger partial charge in [-0.25, -0.2) is 0 Å². The molecule has 16 heavy (non-hydrogen) atoms. The van der Waals surface area contributed by atoms with E-state index in [1.807, 2.05) is 24.3 Å². The van der Waals surface area contributed by atoms with E-state index >= 15 is 0 Å². The van der Waals surface area contributed by atoms with Crippen LogP contribution in [-0.2, 0) is 0 Å². The Balaban J connectivity index is 2.07. The molecule has 1 aromatic rings. The Morgan fingerprint density at radius 1 is 1.31 bits per heavy atom. The molecule has 0 amide bonds. The molecule has 1 rings (SSSR count). The Labute approximate surface area is 107 Å². The van der Waals surface area contributed by atoms with Gasteiger partial charge < -0.3 is 10.1 Å². The van der Waals surface area contributed by atoms with Gasteiger partial charge in [-0.3, -0.25) is 0 Å². The maximum Gasteiger partial charge on any atom is 0.120 e. The molecule has 1 N–H and O–H groups in total. The molecule has 0 aromatic heterocycles. The van der Waals surface area contributed by atoms with Crippen molar-refractivity contribution in [3.05, 3.63) is 28.7 Å². The largest absolute Gasteiger partial charge is 0.492 e. The molecule has 0 fully saturated rings. The molecular weight excluding hydrogens is 266 g/mol. The van der Waals surface area contributed by atoms with E-state index in [4.69, 9.17) is 4.74 Å². The SMILES string of the molecule is CC(C)CCNCCOc1cccc(Br)c1. The standard InChI is InChI=1S/C13H20BrNO/c1-11(2)6-7-15-8-9-16-13-5-3-4-12(14)10-13/h3-5,10-11,15H,6-9H2,1-2H3. The molecule has 0 saturated carbocycles. The van der Waals surface area contributed by atoms with Gasteiger partial charge in [0.15, 0.2) is 0 Å². The lowest BCUT2D eigenvalue weighted by molar-refractivity contribution is 0.312. The van der Waals surface area contributed by atoms with Gasteiger partial charge in [-0.1, -0.05) is 35.8 Å². The zero-order valence-electron chi connectivity index (χ0n) is 10.0. The first-order valence-electron chi connectivity index (χ1n) is 5.77. The van der Waals surface area contributed by atoms with Crippen molar-refractivity contribution >= 4 is 15.9 Å². The second kappa shape index (κ2) is 7.69. The van der Waals surface area contributed by atoms with Gasteiger partial charge in [-0.05, 0) is 37.1 Å². The quantitative estimate of drug-likeness (QED) is 0.775. The molecule has 0 bridgehead atoms. The van der Waals surface area contributed by atoms with Gasteiger partial charge >= 0.3 is 0 Å². The normalized spacial score (nSPS) is 10.8. The molecule has 2 nitrogen and oxygen atoms in total. The molecule has 0 atom stereocenters. The van der Waals surface area contributed by atoms with Gasteiger partial charge in [0.05, 0.1) is 0 Å². The molecule has 1 aromatic carbocycles. The number of benzene rings is 1. The van der Waals surface area contributed by atoms with Gasteiger partial charge in [-0.2, -0.15) is 0 Å². The summed E-state index contributed by atoms with van der Waals surface area (Å²) in [4.78, 5) is 0. The minimum atomic E-state index is 0.717. The number of hydrogen-bond donors (Lipinski definition) is 1. The van der Waals surface area contributed by atoms with Crippen LogP contribution in [0.3, 0.4) is 0 Å². The minimum Gasteiger partial charge on any atom is -0.492 e. The van der Waals surface area contributed by atoms with E-state index in [1.54, 1.807) is 0 Å². The number of rotatable bonds is 7. The summed E-state index contributed by atoms with van der Waals surface area (Å²) >= 11 is 3.42. The molecule has 3 heteroatoms. The van der Waals surface area contributed by atoms with Crippen LogP contribution in [-0.4, -0.2) is 19.7 Å². The number of halogens is 1. The molecule has 0 heterocycles. The Morgan fingerprint density at radius 2 is 2.12 bits per heavy atom. The first kappa shape index (κ1) is 13.5. The molecular formula is C13H20BrNO. The highest BCUT2D eigenvalue weighted by Crippen LogP contribution is 2.17. The van der Waals surface area contributed by atoms with Gasteiger partial charge in [-0.15, -0.1) is 0 Å². The molecule has 0 saturated heterocycles. The Morgan fingerprint density at radius 3 is 2.81 bits per heavy atom. The Hall–Kier alpha value is -0.540. The van der Waals surface area contributed by atoms with E-state index < -0.39 is 0 Å². The van der Waals surface area contributed by atoms with Crippen LogP contribution in [0.1, 0.15) is 20.3 Å². The lowest BCUT2D eigenvalue weighted by Crippen LogP contribution is -2.22. The predicted molar refractivity (Wildman–Crippen MR) is 72.0 cm³/mol. The third-order valence-electron chi connectivity index (χ3n) is 2.24. The number of ether oxygens (including phenoxy) is 1. The van der Waals surface area contributed by atoms with Crippen molar-refractivity contribution in [2.45, 2.75) is 20.3 Å². The first-order valence-corrected chi connectivity index (χ1v) is 6.57. The molecule has 0 spiro atoms. The summed E-state index contributed by atoms with van der Waals surface area (Å²) < 4.78 is 6.65. The monoisotopic (exact) mass is 285 g/mol. The summed E-state index contributed by atoms with van der Waals surface area (Å²) in [5.41, 5.74) is 0. The third-order valence-corrected chi connectivity index (χ3v) is 2.74. The summed E-state index contributed by atoms with van der Waals surface area (Å²) in [7, 11) is 0. The summed E-state index contributed by atoms with van der Waals surface area (Å²) in [5.74, 6) is 1.68. The van der Waals surface area contributed by atoms with Gasteiger partial charge in [0, 0.05) is 11.0 Å². The minimum absolute atomic E-state index is 0.717. The lowest BCUT2D eigenvalue weighted by atomic mass is 10.1. The first-order chi connectivity index (χ1) is 7.68. The number of hydrogen-bond acceptors (Lipinski definition) is 2. The van der Waals surface area contributed by atoms with Crippen LogP contribution in [0.15, 0.2) is 28.7 Å². The second-order valence-corrected chi connectivity index (χ2v) is 5.15. The van der Waals surface area contributed by atoms with Crippen molar-refractivity contribution < 1.29 is 4.74 Å². The van der Waals surface area contributed by atoms with E-state index in [2.05, 4.69) is 35.1 Å². The van der Waals surface area contributed by atoms with Crippen molar-refractivity contribution in [1.82, 2.24) is 5.32 Å². The maximum absolute atomic E-state index is 5.60. The van der Waals surface area contributed by atoms with Crippen molar-refractivity contribution in [2.24, 2.45) is 5.92 Å². The molecule has 0 unspecified atom stereocenters. The van der Waals surface area contributed by atoms with Gasteiger partial charge in [0.2, 0.25) is 0 Å². The van der Waals surface area contributed by atoms with Crippen LogP contribution in [0.25, 0.3) is 0 Å². The van der Waals surface area contributed by atoms with E-state index in [0.717, 1.165) is 29.2 Å². The zero-order chi connectivity index (χ0) is 11.8. The highest BCUT2D eigenvalue weighted by atomic mass is 79.9. The average molecular weight is 286 g/mol. The van der Waals surface area contributed by atoms with Crippen LogP contribution in [0.2, 0.25) is 0 Å². The Kier molecular flexibility index (Phi) is 6.50. The number of nitrogens with one attached hydrogen (secondary N) is 1. The van der Waals surface area contributed by atoms with E-state index in [1.165, 1.54) is 6.42 Å². The van der Waals surface area contributed by atoms with Crippen LogP contribution in [0, 0.1) is 5.92 Å². The Bertz CT molecular complexity index is 302. The summed E-state index contributed by atoms with van der Waals surface area (Å²) in [5, 5.41) is 3.36. The highest BCUT2D eigenvalue weighted by molar-refractivity contribution is 9.10. The van der Waals surface area contributed by atoms with Crippen molar-refractivity contribution in [3.8, 4) is 5.75 Å². The molecule has 0 aliphatic carbocycles. The maximum atomic E-state index is 5.60. The highest BCUT2D eigenvalue weighted by Gasteiger charge is 1.95. The molecule has 0 radical (unpaired) electrons. The predicted octanol–water partition coefficient (Wildman–Crippen LogP) is 3.46.